The van der Waals surface area contributed by atoms with Gasteiger partial charge in [0.15, 0.2) is 0 Å². The molecule has 0 spiro atoms. The number of rotatable bonds is 2. The molecule has 1 aliphatic heterocycles. The van der Waals surface area contributed by atoms with Gasteiger partial charge >= 0.3 is 5.97 Å². The quantitative estimate of drug-likeness (QED) is 0.360. The molecule has 0 amide bonds. The van der Waals surface area contributed by atoms with E-state index in [1.54, 1.807) is 6.21 Å². The number of carbonyl (C=O) groups excluding carboxylic acids is 1. The summed E-state index contributed by atoms with van der Waals surface area (Å²) in [5, 5.41) is 3.56. The lowest BCUT2D eigenvalue weighted by atomic mass is 10.1. The van der Waals surface area contributed by atoms with Crippen molar-refractivity contribution in [2.75, 3.05) is 20.1 Å². The maximum absolute atomic E-state index is 10.4. The number of carbonyl (C=O) groups is 1. The molecule has 1 heterocycles. The fraction of sp³-hybridized carbons (Fsp3) is 0.556. The normalized spacial score (nSPS) is 18.8. The highest BCUT2D eigenvalue weighted by molar-refractivity contribution is 5.79. The Morgan fingerprint density at radius 3 is 3.08 bits per heavy atom. The van der Waals surface area contributed by atoms with E-state index in [0.29, 0.717) is 0 Å². The molecule has 0 atom stereocenters. The molecule has 0 aliphatic carbocycles. The van der Waals surface area contributed by atoms with Crippen molar-refractivity contribution < 1.29 is 9.63 Å². The Bertz CT molecular complexity index is 246. The molecule has 1 rings (SSSR count). The van der Waals surface area contributed by atoms with Crippen LogP contribution in [0, 0.1) is 0 Å². The van der Waals surface area contributed by atoms with E-state index in [1.165, 1.54) is 6.92 Å². The van der Waals surface area contributed by atoms with Crippen molar-refractivity contribution in [1.29, 1.82) is 0 Å². The van der Waals surface area contributed by atoms with Gasteiger partial charge in [-0.15, -0.1) is 0 Å². The van der Waals surface area contributed by atoms with Crippen molar-refractivity contribution in [3.05, 3.63) is 11.6 Å². The Kier molecular flexibility index (Phi) is 3.64. The van der Waals surface area contributed by atoms with E-state index in [4.69, 9.17) is 0 Å². The summed E-state index contributed by atoms with van der Waals surface area (Å²) in [5.74, 6) is -0.384. The van der Waals surface area contributed by atoms with Crippen LogP contribution in [0.5, 0.6) is 0 Å². The topological polar surface area (TPSA) is 41.9 Å². The predicted octanol–water partition coefficient (Wildman–Crippen LogP) is 0.797. The number of likely N-dealkylation sites (N-methyl/N-ethyl adjacent to an activating group) is 1. The number of oxime groups is 1. The fourth-order valence-corrected chi connectivity index (χ4v) is 1.07. The molecule has 0 aromatic heterocycles. The summed E-state index contributed by atoms with van der Waals surface area (Å²) in [6.45, 7) is 3.29. The van der Waals surface area contributed by atoms with Crippen molar-refractivity contribution in [3.63, 3.8) is 0 Å². The molecule has 0 bridgehead atoms. The lowest BCUT2D eigenvalue weighted by molar-refractivity contribution is -0.140. The van der Waals surface area contributed by atoms with Gasteiger partial charge in [0.05, 0.1) is 6.21 Å². The van der Waals surface area contributed by atoms with Gasteiger partial charge in [-0.05, 0) is 19.0 Å². The van der Waals surface area contributed by atoms with E-state index in [-0.39, 0.29) is 5.97 Å². The molecule has 0 fully saturated rings. The Labute approximate surface area is 77.8 Å². The van der Waals surface area contributed by atoms with Crippen LogP contribution in [0.1, 0.15) is 13.3 Å². The van der Waals surface area contributed by atoms with Crippen molar-refractivity contribution >= 4 is 12.2 Å². The molecule has 0 unspecified atom stereocenters. The lowest BCUT2D eigenvalue weighted by Gasteiger charge is -2.19. The highest BCUT2D eigenvalue weighted by atomic mass is 16.7. The summed E-state index contributed by atoms with van der Waals surface area (Å²) in [6.07, 6.45) is 4.65. The zero-order chi connectivity index (χ0) is 9.68. The Hall–Kier alpha value is -1.16. The van der Waals surface area contributed by atoms with Crippen LogP contribution in [0.15, 0.2) is 16.8 Å². The molecular formula is C9H14N2O2. The highest BCUT2D eigenvalue weighted by Gasteiger charge is 2.05. The maximum atomic E-state index is 10.4. The minimum Gasteiger partial charge on any atom is -0.319 e. The van der Waals surface area contributed by atoms with E-state index in [0.717, 1.165) is 25.1 Å². The highest BCUT2D eigenvalue weighted by Crippen LogP contribution is 2.06. The summed E-state index contributed by atoms with van der Waals surface area (Å²) >= 11 is 0. The first-order valence-corrected chi connectivity index (χ1v) is 4.27. The average Bonchev–Trinajstić information content (AvgIpc) is 2.08. The summed E-state index contributed by atoms with van der Waals surface area (Å²) in [6, 6.07) is 0. The molecular weight excluding hydrogens is 168 g/mol. The second-order valence-electron chi connectivity index (χ2n) is 3.11. The average molecular weight is 182 g/mol. The molecule has 0 N–H and O–H groups in total. The predicted molar refractivity (Wildman–Crippen MR) is 50.5 cm³/mol. The van der Waals surface area contributed by atoms with Gasteiger partial charge in [0.25, 0.3) is 0 Å². The molecule has 0 aromatic rings. The first kappa shape index (κ1) is 9.92. The van der Waals surface area contributed by atoms with Gasteiger partial charge in [0.1, 0.15) is 0 Å². The third-order valence-electron chi connectivity index (χ3n) is 1.85. The molecule has 1 aliphatic rings. The summed E-state index contributed by atoms with van der Waals surface area (Å²) < 4.78 is 0. The van der Waals surface area contributed by atoms with Crippen molar-refractivity contribution in [1.82, 2.24) is 4.90 Å². The third-order valence-corrected chi connectivity index (χ3v) is 1.85. The molecule has 4 nitrogen and oxygen atoms in total. The van der Waals surface area contributed by atoms with Crippen LogP contribution >= 0.6 is 0 Å². The Morgan fingerprint density at radius 2 is 2.54 bits per heavy atom. The zero-order valence-corrected chi connectivity index (χ0v) is 7.99. The van der Waals surface area contributed by atoms with Gasteiger partial charge in [-0.1, -0.05) is 11.2 Å². The molecule has 0 aromatic carbocycles. The minimum absolute atomic E-state index is 0.384. The molecule has 72 valence electrons. The fourth-order valence-electron chi connectivity index (χ4n) is 1.07. The zero-order valence-electron chi connectivity index (χ0n) is 7.99. The van der Waals surface area contributed by atoms with Crippen molar-refractivity contribution in [3.8, 4) is 0 Å². The first-order chi connectivity index (χ1) is 6.18. The minimum atomic E-state index is -0.384. The molecule has 13 heavy (non-hydrogen) atoms. The van der Waals surface area contributed by atoms with Crippen LogP contribution in [0.4, 0.5) is 0 Å². The SMILES string of the molecule is CC(=O)ON=CC1=CCN(C)CC1. The van der Waals surface area contributed by atoms with E-state index in [1.807, 2.05) is 0 Å². The Balaban J connectivity index is 2.37. The van der Waals surface area contributed by atoms with Gasteiger partial charge < -0.3 is 9.74 Å². The maximum Gasteiger partial charge on any atom is 0.331 e. The molecule has 4 heteroatoms. The molecule has 0 radical (unpaired) electrons. The third kappa shape index (κ3) is 3.85. The van der Waals surface area contributed by atoms with Crippen LogP contribution < -0.4 is 0 Å². The molecule has 0 saturated heterocycles. The van der Waals surface area contributed by atoms with Crippen LogP contribution in [-0.4, -0.2) is 37.2 Å². The van der Waals surface area contributed by atoms with Crippen molar-refractivity contribution in [2.24, 2.45) is 5.16 Å². The number of hydrogen-bond acceptors (Lipinski definition) is 4. The van der Waals surface area contributed by atoms with Crippen molar-refractivity contribution in [2.45, 2.75) is 13.3 Å². The smallest absolute Gasteiger partial charge is 0.319 e. The van der Waals surface area contributed by atoms with Crippen LogP contribution in [0.3, 0.4) is 0 Å². The summed E-state index contributed by atoms with van der Waals surface area (Å²) in [5.41, 5.74) is 1.12. The van der Waals surface area contributed by atoms with Gasteiger partial charge in [0.2, 0.25) is 0 Å². The van der Waals surface area contributed by atoms with Gasteiger partial charge in [-0.25, -0.2) is 4.79 Å². The van der Waals surface area contributed by atoms with Gasteiger partial charge in [-0.2, -0.15) is 0 Å². The second-order valence-corrected chi connectivity index (χ2v) is 3.11. The van der Waals surface area contributed by atoms with Gasteiger partial charge in [-0.3, -0.25) is 0 Å². The van der Waals surface area contributed by atoms with E-state index >= 15 is 0 Å². The van der Waals surface area contributed by atoms with Crippen LogP contribution in [0.25, 0.3) is 0 Å². The molecule has 0 saturated carbocycles. The van der Waals surface area contributed by atoms with E-state index in [2.05, 4.69) is 28.0 Å². The summed E-state index contributed by atoms with van der Waals surface area (Å²) in [7, 11) is 2.07. The Morgan fingerprint density at radius 1 is 1.77 bits per heavy atom. The van der Waals surface area contributed by atoms with Crippen LogP contribution in [-0.2, 0) is 9.63 Å². The number of hydrogen-bond donors (Lipinski definition) is 0. The first-order valence-electron chi connectivity index (χ1n) is 4.27. The largest absolute Gasteiger partial charge is 0.331 e. The monoisotopic (exact) mass is 182 g/mol. The standard InChI is InChI=1S/C9H14N2O2/c1-8(12)13-10-7-9-3-5-11(2)6-4-9/h3,7H,4-6H2,1-2H3. The number of nitrogens with zero attached hydrogens (tertiary/aromatic N) is 2. The summed E-state index contributed by atoms with van der Waals surface area (Å²) in [4.78, 5) is 17.0. The van der Waals surface area contributed by atoms with Crippen LogP contribution in [0.2, 0.25) is 0 Å². The van der Waals surface area contributed by atoms with Gasteiger partial charge in [0, 0.05) is 20.0 Å². The van der Waals surface area contributed by atoms with E-state index in [9.17, 15) is 4.79 Å². The van der Waals surface area contributed by atoms with E-state index < -0.39 is 0 Å². The second kappa shape index (κ2) is 4.77. The lowest BCUT2D eigenvalue weighted by Crippen LogP contribution is -2.24.